The summed E-state index contributed by atoms with van der Waals surface area (Å²) in [5.74, 6) is 0.540. The van der Waals surface area contributed by atoms with Gasteiger partial charge in [-0.3, -0.25) is 9.79 Å². The molecule has 2 aromatic rings. The number of benzene rings is 2. The fraction of sp³-hybridized carbons (Fsp3) is 0.263. The first kappa shape index (κ1) is 19.0. The Morgan fingerprint density at radius 3 is 2.64 bits per heavy atom. The average Bonchev–Trinajstić information content (AvgIpc) is 2.55. The minimum absolute atomic E-state index is 0.250. The van der Waals surface area contributed by atoms with Crippen molar-refractivity contribution in [2.45, 2.75) is 19.4 Å². The number of amidine groups is 1. The van der Waals surface area contributed by atoms with Gasteiger partial charge in [0, 0.05) is 5.02 Å². The van der Waals surface area contributed by atoms with E-state index in [0.29, 0.717) is 19.0 Å². The molecule has 1 aliphatic heterocycles. The molecule has 5 nitrogen and oxygen atoms in total. The van der Waals surface area contributed by atoms with Crippen LogP contribution in [0.1, 0.15) is 18.1 Å². The van der Waals surface area contributed by atoms with Gasteiger partial charge in [0.05, 0.1) is 6.61 Å². The zero-order chi connectivity index (χ0) is 18.4. The van der Waals surface area contributed by atoms with Gasteiger partial charge in [-0.05, 0) is 54.3 Å². The highest BCUT2D eigenvalue weighted by Gasteiger charge is 2.30. The topological polar surface area (TPSA) is 84.9 Å². The summed E-state index contributed by atoms with van der Waals surface area (Å²) in [5.41, 5.74) is 9.85. The molecule has 0 spiro atoms. The third-order valence-electron chi connectivity index (χ3n) is 3.88. The van der Waals surface area contributed by atoms with Crippen LogP contribution in [0.15, 0.2) is 47.5 Å². The zero-order valence-electron chi connectivity index (χ0n) is 14.2. The first-order valence-electron chi connectivity index (χ1n) is 7.76. The highest BCUT2D eigenvalue weighted by molar-refractivity contribution is 6.30. The molecule has 25 heavy (non-hydrogen) atoms. The Morgan fingerprint density at radius 2 is 2.00 bits per heavy atom. The number of carboxylic acid groups (broad SMARTS) is 1. The molecular weight excluding hydrogens is 340 g/mol. The molecule has 132 valence electrons. The summed E-state index contributed by atoms with van der Waals surface area (Å²) in [6.07, 6.45) is 0. The fourth-order valence-corrected chi connectivity index (χ4v) is 3.11. The summed E-state index contributed by atoms with van der Waals surface area (Å²) in [5, 5.41) is 7.63. The minimum atomic E-state index is -0.439. The van der Waals surface area contributed by atoms with Gasteiger partial charge >= 0.3 is 0 Å². The quantitative estimate of drug-likeness (QED) is 0.801. The summed E-state index contributed by atoms with van der Waals surface area (Å²) >= 11 is 6.18. The van der Waals surface area contributed by atoms with Gasteiger partial charge in [0.25, 0.3) is 6.47 Å². The third kappa shape index (κ3) is 4.81. The van der Waals surface area contributed by atoms with Gasteiger partial charge < -0.3 is 15.6 Å². The zero-order valence-corrected chi connectivity index (χ0v) is 15.0. The molecule has 3 rings (SSSR count). The first-order valence-corrected chi connectivity index (χ1v) is 8.13. The molecular formula is C19H21ClN2O3. The van der Waals surface area contributed by atoms with E-state index < -0.39 is 5.54 Å². The monoisotopic (exact) mass is 360 g/mol. The van der Waals surface area contributed by atoms with E-state index in [-0.39, 0.29) is 6.47 Å². The van der Waals surface area contributed by atoms with Gasteiger partial charge in [0.2, 0.25) is 0 Å². The maximum atomic E-state index is 8.36. The molecule has 6 heteroatoms. The number of aryl methyl sites for hydroxylation is 1. The van der Waals surface area contributed by atoms with Crippen molar-refractivity contribution in [1.82, 2.24) is 0 Å². The Hall–Kier alpha value is -2.37. The van der Waals surface area contributed by atoms with Gasteiger partial charge in [0.15, 0.2) is 0 Å². The number of nitrogens with zero attached hydrogens (tertiary/aromatic N) is 1. The number of hydrogen-bond acceptors (Lipinski definition) is 4. The highest BCUT2D eigenvalue weighted by atomic mass is 35.5. The van der Waals surface area contributed by atoms with Crippen LogP contribution in [-0.4, -0.2) is 30.6 Å². The number of aliphatic imine (C=N–C) groups is 1. The molecule has 0 amide bonds. The second-order valence-corrected chi connectivity index (χ2v) is 6.51. The lowest BCUT2D eigenvalue weighted by atomic mass is 9.90. The average molecular weight is 361 g/mol. The molecule has 0 saturated heterocycles. The molecule has 2 aromatic carbocycles. The maximum absolute atomic E-state index is 8.36. The summed E-state index contributed by atoms with van der Waals surface area (Å²) < 4.78 is 5.56. The van der Waals surface area contributed by atoms with Crippen LogP contribution in [0, 0.1) is 6.92 Å². The van der Waals surface area contributed by atoms with Crippen molar-refractivity contribution in [2.24, 2.45) is 10.7 Å². The Bertz CT molecular complexity index is 772. The van der Waals surface area contributed by atoms with Gasteiger partial charge in [-0.15, -0.1) is 0 Å². The molecule has 3 N–H and O–H groups in total. The highest BCUT2D eigenvalue weighted by Crippen LogP contribution is 2.32. The number of carbonyl (C=O) groups is 1. The lowest BCUT2D eigenvalue weighted by molar-refractivity contribution is -0.122. The van der Waals surface area contributed by atoms with E-state index in [4.69, 9.17) is 32.0 Å². The third-order valence-corrected chi connectivity index (χ3v) is 4.10. The number of rotatable bonds is 2. The van der Waals surface area contributed by atoms with Crippen molar-refractivity contribution in [2.75, 3.05) is 13.2 Å². The van der Waals surface area contributed by atoms with Crippen molar-refractivity contribution < 1.29 is 14.6 Å². The number of halogens is 1. The van der Waals surface area contributed by atoms with E-state index in [2.05, 4.69) is 29.3 Å². The maximum Gasteiger partial charge on any atom is 0.290 e. The van der Waals surface area contributed by atoms with Crippen LogP contribution in [0.3, 0.4) is 0 Å². The molecule has 0 aromatic heterocycles. The van der Waals surface area contributed by atoms with Crippen LogP contribution >= 0.6 is 11.6 Å². The van der Waals surface area contributed by atoms with Crippen LogP contribution < -0.4 is 5.73 Å². The lowest BCUT2D eigenvalue weighted by Gasteiger charge is -2.30. The van der Waals surface area contributed by atoms with Crippen molar-refractivity contribution in [1.29, 1.82) is 0 Å². The van der Waals surface area contributed by atoms with Crippen LogP contribution in [0.4, 0.5) is 0 Å². The van der Waals surface area contributed by atoms with Crippen LogP contribution in [0.5, 0.6) is 0 Å². The summed E-state index contributed by atoms with van der Waals surface area (Å²) in [6.45, 7) is 4.77. The molecule has 1 heterocycles. The lowest BCUT2D eigenvalue weighted by Crippen LogP contribution is -2.37. The van der Waals surface area contributed by atoms with Crippen molar-refractivity contribution >= 4 is 23.9 Å². The van der Waals surface area contributed by atoms with Crippen molar-refractivity contribution in [3.8, 4) is 11.1 Å². The SMILES string of the molecule is Cc1cc(Cl)cc(-c2cccc(C3(C)COCC(N)=N3)c2)c1.O=CO. The number of nitrogens with two attached hydrogens (primary N) is 1. The second-order valence-electron chi connectivity index (χ2n) is 6.07. The van der Waals surface area contributed by atoms with E-state index >= 15 is 0 Å². The summed E-state index contributed by atoms with van der Waals surface area (Å²) in [6, 6.07) is 14.4. The Morgan fingerprint density at radius 1 is 1.28 bits per heavy atom. The minimum Gasteiger partial charge on any atom is -0.483 e. The number of ether oxygens (including phenoxy) is 1. The second kappa shape index (κ2) is 8.14. The van der Waals surface area contributed by atoms with E-state index in [1.807, 2.05) is 32.0 Å². The van der Waals surface area contributed by atoms with Gasteiger partial charge in [-0.25, -0.2) is 0 Å². The van der Waals surface area contributed by atoms with Crippen LogP contribution in [0.2, 0.25) is 5.02 Å². The van der Waals surface area contributed by atoms with E-state index in [1.54, 1.807) is 0 Å². The van der Waals surface area contributed by atoms with Gasteiger partial charge in [0.1, 0.15) is 18.0 Å². The molecule has 1 aliphatic rings. The largest absolute Gasteiger partial charge is 0.483 e. The molecule has 0 fully saturated rings. The smallest absolute Gasteiger partial charge is 0.290 e. The molecule has 1 atom stereocenters. The molecule has 0 saturated carbocycles. The van der Waals surface area contributed by atoms with E-state index in [1.165, 1.54) is 0 Å². The van der Waals surface area contributed by atoms with Crippen LogP contribution in [0.25, 0.3) is 11.1 Å². The molecule has 0 radical (unpaired) electrons. The molecule has 1 unspecified atom stereocenters. The van der Waals surface area contributed by atoms with E-state index in [0.717, 1.165) is 27.3 Å². The molecule has 0 aliphatic carbocycles. The standard InChI is InChI=1S/C18H19ClN2O.CH2O2/c1-12-6-14(9-16(19)7-12)13-4-3-5-15(8-13)18(2)11-22-10-17(20)21-18;2-1-3/h3-9H,10-11H2,1-2H3,(H2,20,21);1H,(H,2,3). The van der Waals surface area contributed by atoms with Crippen molar-refractivity contribution in [3.05, 3.63) is 58.6 Å². The Labute approximate surface area is 152 Å². The Balaban J connectivity index is 0.000000701. The van der Waals surface area contributed by atoms with Gasteiger partial charge in [-0.1, -0.05) is 35.9 Å². The predicted molar refractivity (Wildman–Crippen MR) is 100 cm³/mol. The number of hydrogen-bond donors (Lipinski definition) is 2. The Kier molecular flexibility index (Phi) is 6.17. The summed E-state index contributed by atoms with van der Waals surface area (Å²) in [4.78, 5) is 13.0. The van der Waals surface area contributed by atoms with E-state index in [9.17, 15) is 0 Å². The fourth-order valence-electron chi connectivity index (χ4n) is 2.82. The van der Waals surface area contributed by atoms with Crippen LogP contribution in [-0.2, 0) is 15.1 Å². The molecule has 0 bridgehead atoms. The first-order chi connectivity index (χ1) is 11.9. The summed E-state index contributed by atoms with van der Waals surface area (Å²) in [7, 11) is 0. The van der Waals surface area contributed by atoms with Crippen molar-refractivity contribution in [3.63, 3.8) is 0 Å². The van der Waals surface area contributed by atoms with Gasteiger partial charge in [-0.2, -0.15) is 0 Å². The normalized spacial score (nSPS) is 19.4. The predicted octanol–water partition coefficient (Wildman–Crippen LogP) is 3.62.